The lowest BCUT2D eigenvalue weighted by Gasteiger charge is -2.18. The number of benzene rings is 2. The first kappa shape index (κ1) is 14.1. The van der Waals surface area contributed by atoms with Crippen LogP contribution in [-0.2, 0) is 12.8 Å². The predicted molar refractivity (Wildman–Crippen MR) is 88.7 cm³/mol. The van der Waals surface area contributed by atoms with Crippen molar-refractivity contribution in [2.75, 3.05) is 18.0 Å². The molecule has 0 saturated heterocycles. The van der Waals surface area contributed by atoms with Crippen LogP contribution in [0, 0.1) is 0 Å². The number of hydrogen-bond donors (Lipinski definition) is 1. The van der Waals surface area contributed by atoms with Crippen LogP contribution < -0.4 is 10.2 Å². The molecule has 0 fully saturated rings. The van der Waals surface area contributed by atoms with E-state index in [0.717, 1.165) is 29.5 Å². The Kier molecular flexibility index (Phi) is 4.25. The summed E-state index contributed by atoms with van der Waals surface area (Å²) in [6.45, 7) is 1.42. The number of hydrogen-bond acceptors (Lipinski definition) is 1. The molecule has 1 aliphatic rings. The van der Waals surface area contributed by atoms with Crippen molar-refractivity contribution in [1.82, 2.24) is 5.32 Å². The van der Waals surface area contributed by atoms with Gasteiger partial charge in [0.25, 0.3) is 0 Å². The second-order valence-corrected chi connectivity index (χ2v) is 6.05. The number of urea groups is 1. The lowest BCUT2D eigenvalue weighted by atomic mass is 10.1. The summed E-state index contributed by atoms with van der Waals surface area (Å²) >= 11 is 3.42. The first-order valence-electron chi connectivity index (χ1n) is 7.12. The van der Waals surface area contributed by atoms with E-state index in [4.69, 9.17) is 0 Å². The monoisotopic (exact) mass is 344 g/mol. The van der Waals surface area contributed by atoms with Gasteiger partial charge >= 0.3 is 6.03 Å². The average Bonchev–Trinajstić information content (AvgIpc) is 2.93. The molecule has 3 rings (SSSR count). The van der Waals surface area contributed by atoms with E-state index in [1.165, 1.54) is 11.1 Å². The molecule has 0 radical (unpaired) electrons. The highest BCUT2D eigenvalue weighted by Crippen LogP contribution is 2.27. The van der Waals surface area contributed by atoms with Crippen LogP contribution in [0.25, 0.3) is 0 Å². The van der Waals surface area contributed by atoms with Crippen molar-refractivity contribution >= 4 is 27.6 Å². The normalized spacial score (nSPS) is 13.1. The maximum atomic E-state index is 12.3. The highest BCUT2D eigenvalue weighted by molar-refractivity contribution is 9.10. The summed E-state index contributed by atoms with van der Waals surface area (Å²) in [4.78, 5) is 14.1. The number of nitrogens with one attached hydrogen (secondary N) is 1. The minimum Gasteiger partial charge on any atom is -0.337 e. The van der Waals surface area contributed by atoms with Crippen molar-refractivity contribution < 1.29 is 4.79 Å². The average molecular weight is 345 g/mol. The fourth-order valence-corrected chi connectivity index (χ4v) is 2.87. The lowest BCUT2D eigenvalue weighted by molar-refractivity contribution is 0.247. The zero-order valence-electron chi connectivity index (χ0n) is 11.7. The summed E-state index contributed by atoms with van der Waals surface area (Å²) < 4.78 is 1.07. The van der Waals surface area contributed by atoms with Crippen LogP contribution in [0.3, 0.4) is 0 Å². The van der Waals surface area contributed by atoms with Gasteiger partial charge in [-0.15, -0.1) is 0 Å². The van der Waals surface area contributed by atoms with Crippen molar-refractivity contribution in [2.24, 2.45) is 0 Å². The Labute approximate surface area is 133 Å². The van der Waals surface area contributed by atoms with Gasteiger partial charge in [-0.2, -0.15) is 0 Å². The molecule has 21 heavy (non-hydrogen) atoms. The van der Waals surface area contributed by atoms with Crippen LogP contribution in [0.4, 0.5) is 10.5 Å². The zero-order chi connectivity index (χ0) is 14.7. The van der Waals surface area contributed by atoms with Gasteiger partial charge in [-0.1, -0.05) is 46.3 Å². The molecule has 1 aliphatic heterocycles. The molecule has 0 aromatic heterocycles. The van der Waals surface area contributed by atoms with Gasteiger partial charge in [0.1, 0.15) is 0 Å². The summed E-state index contributed by atoms with van der Waals surface area (Å²) in [5, 5.41) is 3.00. The van der Waals surface area contributed by atoms with Crippen LogP contribution in [0.15, 0.2) is 53.0 Å². The number of fused-ring (bicyclic) bond motifs is 1. The summed E-state index contributed by atoms with van der Waals surface area (Å²) in [5.41, 5.74) is 3.51. The van der Waals surface area contributed by atoms with E-state index >= 15 is 0 Å². The molecule has 4 heteroatoms. The molecular weight excluding hydrogens is 328 g/mol. The molecule has 1 heterocycles. The first-order valence-corrected chi connectivity index (χ1v) is 7.91. The minimum absolute atomic E-state index is 0.00272. The van der Waals surface area contributed by atoms with Gasteiger partial charge in [-0.3, -0.25) is 4.90 Å². The van der Waals surface area contributed by atoms with Gasteiger partial charge in [0, 0.05) is 23.2 Å². The maximum Gasteiger partial charge on any atom is 0.321 e. The maximum absolute atomic E-state index is 12.3. The second kappa shape index (κ2) is 6.31. The van der Waals surface area contributed by atoms with Crippen molar-refractivity contribution in [2.45, 2.75) is 12.8 Å². The number of carbonyl (C=O) groups excluding carboxylic acids is 1. The Morgan fingerprint density at radius 3 is 2.71 bits per heavy atom. The van der Waals surface area contributed by atoms with Crippen LogP contribution in [0.1, 0.15) is 11.1 Å². The molecule has 0 spiro atoms. The molecule has 2 aromatic rings. The van der Waals surface area contributed by atoms with Crippen LogP contribution >= 0.6 is 15.9 Å². The van der Waals surface area contributed by atoms with E-state index in [1.807, 2.05) is 35.2 Å². The third-order valence-corrected chi connectivity index (χ3v) is 4.26. The van der Waals surface area contributed by atoms with Crippen LogP contribution in [0.2, 0.25) is 0 Å². The molecule has 2 amide bonds. The van der Waals surface area contributed by atoms with E-state index in [2.05, 4.69) is 39.4 Å². The standard InChI is InChI=1S/C17H17BrN2O/c18-15-7-5-13(6-8-15)9-11-19-17(21)20-12-10-14-3-1-2-4-16(14)20/h1-8H,9-12H2,(H,19,21). The number of rotatable bonds is 3. The Morgan fingerprint density at radius 2 is 1.90 bits per heavy atom. The van der Waals surface area contributed by atoms with Crippen molar-refractivity contribution in [1.29, 1.82) is 0 Å². The molecule has 108 valence electrons. The number of halogens is 1. The third-order valence-electron chi connectivity index (χ3n) is 3.74. The quantitative estimate of drug-likeness (QED) is 0.903. The smallest absolute Gasteiger partial charge is 0.321 e. The molecule has 2 aromatic carbocycles. The Balaban J connectivity index is 1.54. The topological polar surface area (TPSA) is 32.3 Å². The molecule has 0 saturated carbocycles. The van der Waals surface area contributed by atoms with Gasteiger partial charge in [-0.25, -0.2) is 4.79 Å². The fraction of sp³-hybridized carbons (Fsp3) is 0.235. The zero-order valence-corrected chi connectivity index (χ0v) is 13.3. The molecule has 0 atom stereocenters. The third kappa shape index (κ3) is 3.27. The molecule has 0 aliphatic carbocycles. The predicted octanol–water partition coefficient (Wildman–Crippen LogP) is 3.76. The van der Waals surface area contributed by atoms with Crippen molar-refractivity contribution in [3.63, 3.8) is 0 Å². The van der Waals surface area contributed by atoms with E-state index in [9.17, 15) is 4.79 Å². The Hall–Kier alpha value is -1.81. The highest BCUT2D eigenvalue weighted by atomic mass is 79.9. The van der Waals surface area contributed by atoms with Crippen molar-refractivity contribution in [3.05, 3.63) is 64.1 Å². The SMILES string of the molecule is O=C(NCCc1ccc(Br)cc1)N1CCc2ccccc21. The van der Waals surface area contributed by atoms with Gasteiger partial charge < -0.3 is 5.32 Å². The number of carbonyl (C=O) groups is 1. The molecule has 0 unspecified atom stereocenters. The van der Waals surface area contributed by atoms with E-state index in [-0.39, 0.29) is 6.03 Å². The van der Waals surface area contributed by atoms with Crippen molar-refractivity contribution in [3.8, 4) is 0 Å². The van der Waals surface area contributed by atoms with E-state index in [0.29, 0.717) is 6.54 Å². The first-order chi connectivity index (χ1) is 10.2. The summed E-state index contributed by atoms with van der Waals surface area (Å²) in [7, 11) is 0. The fourth-order valence-electron chi connectivity index (χ4n) is 2.61. The van der Waals surface area contributed by atoms with Crippen LogP contribution in [0.5, 0.6) is 0 Å². The van der Waals surface area contributed by atoms with Gasteiger partial charge in [0.2, 0.25) is 0 Å². The summed E-state index contributed by atoms with van der Waals surface area (Å²) in [5.74, 6) is 0. The molecular formula is C17H17BrN2O. The van der Waals surface area contributed by atoms with Gasteiger partial charge in [0.15, 0.2) is 0 Å². The van der Waals surface area contributed by atoms with E-state index < -0.39 is 0 Å². The number of para-hydroxylation sites is 1. The Morgan fingerprint density at radius 1 is 1.14 bits per heavy atom. The van der Waals surface area contributed by atoms with E-state index in [1.54, 1.807) is 0 Å². The molecule has 1 N–H and O–H groups in total. The number of amides is 2. The molecule has 0 bridgehead atoms. The second-order valence-electron chi connectivity index (χ2n) is 5.14. The largest absolute Gasteiger partial charge is 0.337 e. The van der Waals surface area contributed by atoms with Gasteiger partial charge in [0.05, 0.1) is 0 Å². The highest BCUT2D eigenvalue weighted by Gasteiger charge is 2.23. The number of anilines is 1. The summed E-state index contributed by atoms with van der Waals surface area (Å²) in [6, 6.07) is 16.3. The van der Waals surface area contributed by atoms with Gasteiger partial charge in [-0.05, 0) is 42.2 Å². The lowest BCUT2D eigenvalue weighted by Crippen LogP contribution is -2.39. The Bertz CT molecular complexity index is 639. The van der Waals surface area contributed by atoms with Crippen LogP contribution in [-0.4, -0.2) is 19.1 Å². The summed E-state index contributed by atoms with van der Waals surface area (Å²) in [6.07, 6.45) is 1.78. The minimum atomic E-state index is -0.00272. The number of nitrogens with zero attached hydrogens (tertiary/aromatic N) is 1. The molecule has 3 nitrogen and oxygen atoms in total.